The summed E-state index contributed by atoms with van der Waals surface area (Å²) in [6, 6.07) is 22.4. The Kier molecular flexibility index (Phi) is 4.47. The van der Waals surface area contributed by atoms with Crippen molar-refractivity contribution >= 4 is 35.0 Å². The van der Waals surface area contributed by atoms with Crippen molar-refractivity contribution in [3.8, 4) is 0 Å². The van der Waals surface area contributed by atoms with E-state index in [-0.39, 0.29) is 0 Å². The first-order valence-electron chi connectivity index (χ1n) is 7.02. The van der Waals surface area contributed by atoms with Gasteiger partial charge in [-0.25, -0.2) is 5.01 Å². The van der Waals surface area contributed by atoms with Crippen molar-refractivity contribution in [1.82, 2.24) is 0 Å². The number of hydrogen-bond donors (Lipinski definition) is 0. The van der Waals surface area contributed by atoms with Gasteiger partial charge in [0.05, 0.1) is 17.6 Å². The van der Waals surface area contributed by atoms with E-state index in [2.05, 4.69) is 29.9 Å². The lowest BCUT2D eigenvalue weighted by Gasteiger charge is -2.19. The number of hydrazone groups is 1. The van der Waals surface area contributed by atoms with E-state index in [0.29, 0.717) is 0 Å². The van der Waals surface area contributed by atoms with Crippen LogP contribution in [0.15, 0.2) is 83.8 Å². The molecule has 1 aromatic heterocycles. The first-order chi connectivity index (χ1) is 10.9. The predicted molar refractivity (Wildman–Crippen MR) is 97.0 cm³/mol. The molecule has 3 heteroatoms. The quantitative estimate of drug-likeness (QED) is 0.445. The smallest absolute Gasteiger partial charge is 0.0653 e. The minimum atomic E-state index is 1.02. The molecule has 0 amide bonds. The minimum Gasteiger partial charge on any atom is -0.234 e. The van der Waals surface area contributed by atoms with Gasteiger partial charge in [0.1, 0.15) is 0 Å². The van der Waals surface area contributed by atoms with Crippen LogP contribution < -0.4 is 5.01 Å². The SMILES string of the molecule is C=Cc1ccc(N(/N=C/c2cccs2)c2ccccc2)cc1. The second kappa shape index (κ2) is 6.87. The predicted octanol–water partition coefficient (Wildman–Crippen LogP) is 5.56. The van der Waals surface area contributed by atoms with Gasteiger partial charge in [-0.3, -0.25) is 0 Å². The summed E-state index contributed by atoms with van der Waals surface area (Å²) in [7, 11) is 0. The van der Waals surface area contributed by atoms with Gasteiger partial charge >= 0.3 is 0 Å². The van der Waals surface area contributed by atoms with Crippen molar-refractivity contribution < 1.29 is 0 Å². The van der Waals surface area contributed by atoms with Gasteiger partial charge in [-0.2, -0.15) is 5.10 Å². The Labute approximate surface area is 134 Å². The second-order valence-electron chi connectivity index (χ2n) is 4.70. The molecule has 0 saturated carbocycles. The standard InChI is InChI=1S/C19H16N2S/c1-2-16-10-12-18(13-11-16)21(17-7-4-3-5-8-17)20-15-19-9-6-14-22-19/h2-15H,1H2/b20-15+. The molecule has 0 spiro atoms. The lowest BCUT2D eigenvalue weighted by atomic mass is 10.2. The summed E-state index contributed by atoms with van der Waals surface area (Å²) in [6.07, 6.45) is 3.73. The molecule has 0 fully saturated rings. The topological polar surface area (TPSA) is 15.6 Å². The highest BCUT2D eigenvalue weighted by Gasteiger charge is 2.07. The van der Waals surface area contributed by atoms with Crippen molar-refractivity contribution in [3.63, 3.8) is 0 Å². The van der Waals surface area contributed by atoms with E-state index in [9.17, 15) is 0 Å². The van der Waals surface area contributed by atoms with E-state index in [1.807, 2.05) is 71.2 Å². The molecule has 108 valence electrons. The number of rotatable bonds is 5. The van der Waals surface area contributed by atoms with Crippen LogP contribution >= 0.6 is 11.3 Å². The summed E-state index contributed by atoms with van der Waals surface area (Å²) in [5.41, 5.74) is 3.14. The molecule has 3 rings (SSSR count). The summed E-state index contributed by atoms with van der Waals surface area (Å²) in [6.45, 7) is 3.79. The zero-order valence-electron chi connectivity index (χ0n) is 12.1. The molecular formula is C19H16N2S. The Morgan fingerprint density at radius 2 is 1.59 bits per heavy atom. The first-order valence-corrected chi connectivity index (χ1v) is 7.90. The van der Waals surface area contributed by atoms with Crippen LogP contribution in [-0.2, 0) is 0 Å². The number of anilines is 2. The van der Waals surface area contributed by atoms with Gasteiger partial charge in [0.25, 0.3) is 0 Å². The van der Waals surface area contributed by atoms with Gasteiger partial charge in [-0.1, -0.05) is 49.1 Å². The fourth-order valence-corrected chi connectivity index (χ4v) is 2.66. The maximum absolute atomic E-state index is 4.66. The zero-order valence-corrected chi connectivity index (χ0v) is 12.9. The molecular weight excluding hydrogens is 288 g/mol. The lowest BCUT2D eigenvalue weighted by Crippen LogP contribution is -2.09. The Hall–Kier alpha value is -2.65. The molecule has 0 atom stereocenters. The third kappa shape index (κ3) is 3.32. The van der Waals surface area contributed by atoms with Crippen LogP contribution in [0.5, 0.6) is 0 Å². The van der Waals surface area contributed by atoms with E-state index in [1.165, 1.54) is 0 Å². The van der Waals surface area contributed by atoms with Gasteiger partial charge in [0.2, 0.25) is 0 Å². The molecule has 0 saturated heterocycles. The minimum absolute atomic E-state index is 1.02. The summed E-state index contributed by atoms with van der Waals surface area (Å²) >= 11 is 1.67. The molecule has 1 heterocycles. The second-order valence-corrected chi connectivity index (χ2v) is 5.68. The summed E-state index contributed by atoms with van der Waals surface area (Å²) in [5.74, 6) is 0. The summed E-state index contributed by atoms with van der Waals surface area (Å²) in [5, 5.41) is 8.64. The largest absolute Gasteiger partial charge is 0.234 e. The van der Waals surface area contributed by atoms with Crippen molar-refractivity contribution in [2.75, 3.05) is 5.01 Å². The number of hydrogen-bond acceptors (Lipinski definition) is 3. The van der Waals surface area contributed by atoms with Crippen LogP contribution in [0.4, 0.5) is 11.4 Å². The van der Waals surface area contributed by atoms with Gasteiger partial charge in [0.15, 0.2) is 0 Å². The van der Waals surface area contributed by atoms with Crippen LogP contribution in [0.25, 0.3) is 6.08 Å². The van der Waals surface area contributed by atoms with Crippen LogP contribution in [0.3, 0.4) is 0 Å². The summed E-state index contributed by atoms with van der Waals surface area (Å²) in [4.78, 5) is 1.13. The van der Waals surface area contributed by atoms with E-state index in [0.717, 1.165) is 21.8 Å². The molecule has 22 heavy (non-hydrogen) atoms. The van der Waals surface area contributed by atoms with Gasteiger partial charge in [-0.05, 0) is 41.3 Å². The third-order valence-corrected chi connectivity index (χ3v) is 4.02. The zero-order chi connectivity index (χ0) is 15.2. The highest BCUT2D eigenvalue weighted by Crippen LogP contribution is 2.26. The van der Waals surface area contributed by atoms with Crippen LogP contribution in [0, 0.1) is 0 Å². The summed E-state index contributed by atoms with van der Waals surface area (Å²) < 4.78 is 0. The van der Waals surface area contributed by atoms with Gasteiger partial charge in [-0.15, -0.1) is 11.3 Å². The lowest BCUT2D eigenvalue weighted by molar-refractivity contribution is 1.09. The Bertz CT molecular complexity index is 744. The average Bonchev–Trinajstić information content (AvgIpc) is 3.10. The Morgan fingerprint density at radius 1 is 0.864 bits per heavy atom. The molecule has 0 aliphatic heterocycles. The maximum Gasteiger partial charge on any atom is 0.0653 e. The van der Waals surface area contributed by atoms with Crippen molar-refractivity contribution in [2.45, 2.75) is 0 Å². The number of nitrogens with zero attached hydrogens (tertiary/aromatic N) is 2. The number of benzene rings is 2. The molecule has 0 unspecified atom stereocenters. The van der Waals surface area contributed by atoms with Gasteiger partial charge in [0, 0.05) is 4.88 Å². The average molecular weight is 304 g/mol. The Morgan fingerprint density at radius 3 is 2.23 bits per heavy atom. The monoisotopic (exact) mass is 304 g/mol. The third-order valence-electron chi connectivity index (χ3n) is 3.22. The van der Waals surface area contributed by atoms with E-state index < -0.39 is 0 Å². The van der Waals surface area contributed by atoms with Crippen molar-refractivity contribution in [2.24, 2.45) is 5.10 Å². The van der Waals surface area contributed by atoms with Crippen LogP contribution in [0.2, 0.25) is 0 Å². The molecule has 0 aliphatic carbocycles. The molecule has 2 aromatic carbocycles. The molecule has 0 radical (unpaired) electrons. The molecule has 0 N–H and O–H groups in total. The Balaban J connectivity index is 1.96. The van der Waals surface area contributed by atoms with Crippen molar-refractivity contribution in [1.29, 1.82) is 0 Å². The molecule has 3 aromatic rings. The van der Waals surface area contributed by atoms with Crippen LogP contribution in [-0.4, -0.2) is 6.21 Å². The van der Waals surface area contributed by atoms with Crippen molar-refractivity contribution in [3.05, 3.63) is 89.1 Å². The fourth-order valence-electron chi connectivity index (χ4n) is 2.08. The van der Waals surface area contributed by atoms with E-state index >= 15 is 0 Å². The fraction of sp³-hybridized carbons (Fsp3) is 0. The number of thiophene rings is 1. The van der Waals surface area contributed by atoms with Crippen LogP contribution in [0.1, 0.15) is 10.4 Å². The van der Waals surface area contributed by atoms with Gasteiger partial charge < -0.3 is 0 Å². The normalized spacial score (nSPS) is 10.7. The van der Waals surface area contributed by atoms with E-state index in [4.69, 9.17) is 0 Å². The van der Waals surface area contributed by atoms with E-state index in [1.54, 1.807) is 11.3 Å². The number of para-hydroxylation sites is 1. The maximum atomic E-state index is 4.66. The molecule has 0 aliphatic rings. The first kappa shape index (κ1) is 14.3. The highest BCUT2D eigenvalue weighted by atomic mass is 32.1. The molecule has 0 bridgehead atoms. The highest BCUT2D eigenvalue weighted by molar-refractivity contribution is 7.11. The molecule has 2 nitrogen and oxygen atoms in total.